The number of carbonyl (C=O) groups excluding carboxylic acids is 2. The number of nitrogens with zero attached hydrogens (tertiary/aromatic N) is 1. The van der Waals surface area contributed by atoms with Gasteiger partial charge in [-0.05, 0) is 42.5 Å². The van der Waals surface area contributed by atoms with Crippen molar-refractivity contribution >= 4 is 11.7 Å². The number of alkyl halides is 6. The molecule has 2 aliphatic rings. The molecular formula is C19H16F6N2O2. The molecule has 4 nitrogen and oxygen atoms in total. The van der Waals surface area contributed by atoms with Crippen LogP contribution in [-0.2, 0) is 28.5 Å². The number of nitrogens with one attached hydrogen (secondary N) is 1. The highest BCUT2D eigenvalue weighted by Crippen LogP contribution is 2.57. The second-order valence-electron chi connectivity index (χ2n) is 7.55. The lowest BCUT2D eigenvalue weighted by atomic mass is 9.78. The number of hydrogen-bond acceptors (Lipinski definition) is 3. The lowest BCUT2D eigenvalue weighted by Crippen LogP contribution is -2.41. The van der Waals surface area contributed by atoms with Gasteiger partial charge in [0.1, 0.15) is 5.78 Å². The predicted molar refractivity (Wildman–Crippen MR) is 86.8 cm³/mol. The molecule has 3 rings (SSSR count). The van der Waals surface area contributed by atoms with E-state index in [0.29, 0.717) is 18.6 Å². The summed E-state index contributed by atoms with van der Waals surface area (Å²) in [5.74, 6) is -1.47. The Morgan fingerprint density at radius 2 is 1.72 bits per heavy atom. The molecule has 0 radical (unpaired) electrons. The largest absolute Gasteiger partial charge is 0.416 e. The van der Waals surface area contributed by atoms with Crippen LogP contribution in [-0.4, -0.2) is 11.7 Å². The van der Waals surface area contributed by atoms with Crippen molar-refractivity contribution in [1.82, 2.24) is 5.32 Å². The highest BCUT2D eigenvalue weighted by atomic mass is 19.4. The zero-order chi connectivity index (χ0) is 21.6. The van der Waals surface area contributed by atoms with E-state index in [1.807, 2.05) is 6.07 Å². The fraction of sp³-hybridized carbons (Fsp3) is 0.526. The van der Waals surface area contributed by atoms with Crippen LogP contribution in [0.4, 0.5) is 26.3 Å². The third-order valence-electron chi connectivity index (χ3n) is 5.58. The molecular weight excluding hydrogens is 402 g/mol. The minimum absolute atomic E-state index is 0.0180. The first-order chi connectivity index (χ1) is 13.4. The molecule has 0 spiro atoms. The van der Waals surface area contributed by atoms with Crippen LogP contribution in [0, 0.1) is 28.6 Å². The van der Waals surface area contributed by atoms with E-state index in [0.717, 1.165) is 0 Å². The molecule has 0 heterocycles. The number of hydrogen-bond donors (Lipinski definition) is 1. The Morgan fingerprint density at radius 3 is 2.14 bits per heavy atom. The summed E-state index contributed by atoms with van der Waals surface area (Å²) in [5.41, 5.74) is -4.40. The summed E-state index contributed by atoms with van der Waals surface area (Å²) in [6.07, 6.45) is -9.21. The van der Waals surface area contributed by atoms with Gasteiger partial charge in [0.05, 0.1) is 28.5 Å². The van der Waals surface area contributed by atoms with Crippen LogP contribution in [0.25, 0.3) is 0 Å². The zero-order valence-electron chi connectivity index (χ0n) is 15.0. The van der Waals surface area contributed by atoms with Crippen molar-refractivity contribution < 1.29 is 35.9 Å². The lowest BCUT2D eigenvalue weighted by Gasteiger charge is -2.27. The van der Waals surface area contributed by atoms with Gasteiger partial charge in [0.15, 0.2) is 0 Å². The van der Waals surface area contributed by atoms with Crippen LogP contribution < -0.4 is 5.32 Å². The van der Waals surface area contributed by atoms with Crippen LogP contribution in [0.15, 0.2) is 18.2 Å². The van der Waals surface area contributed by atoms with E-state index >= 15 is 0 Å². The van der Waals surface area contributed by atoms with Gasteiger partial charge in [0, 0.05) is 19.4 Å². The molecule has 0 saturated heterocycles. The minimum Gasteiger partial charge on any atom is -0.352 e. The SMILES string of the molecule is N#CC1CC1C1(C(=O)NCc2cc(C(F)(F)F)cc(C(F)(F)F)c2)CCC(=O)C1. The second-order valence-corrected chi connectivity index (χ2v) is 7.55. The number of ketones is 1. The van der Waals surface area contributed by atoms with E-state index in [1.165, 1.54) is 0 Å². The van der Waals surface area contributed by atoms with Gasteiger partial charge in [-0.15, -0.1) is 0 Å². The molecule has 29 heavy (non-hydrogen) atoms. The molecule has 3 unspecified atom stereocenters. The van der Waals surface area contributed by atoms with Crippen molar-refractivity contribution in [3.8, 4) is 6.07 Å². The Morgan fingerprint density at radius 1 is 1.14 bits per heavy atom. The summed E-state index contributed by atoms with van der Waals surface area (Å²) in [6, 6.07) is 3.16. The topological polar surface area (TPSA) is 70.0 Å². The van der Waals surface area contributed by atoms with Gasteiger partial charge in [-0.25, -0.2) is 0 Å². The van der Waals surface area contributed by atoms with Crippen LogP contribution >= 0.6 is 0 Å². The highest BCUT2D eigenvalue weighted by molar-refractivity contribution is 5.93. The Bertz CT molecular complexity index is 854. The quantitative estimate of drug-likeness (QED) is 0.744. The molecule has 0 aliphatic heterocycles. The van der Waals surface area contributed by atoms with Crippen LogP contribution in [0.2, 0.25) is 0 Å². The first kappa shape index (κ1) is 21.1. The molecule has 2 aliphatic carbocycles. The molecule has 0 bridgehead atoms. The van der Waals surface area contributed by atoms with Gasteiger partial charge < -0.3 is 5.32 Å². The molecule has 156 valence electrons. The van der Waals surface area contributed by atoms with E-state index in [2.05, 4.69) is 5.32 Å². The maximum atomic E-state index is 13.0. The standard InChI is InChI=1S/C19H16F6N2O2/c20-18(21,22)12-3-10(4-13(6-12)19(23,24)25)9-27-16(29)17(2-1-14(28)7-17)15-5-11(15)8-26/h3-4,6,11,15H,1-2,5,7,9H2,(H,27,29). The fourth-order valence-electron chi connectivity index (χ4n) is 4.00. The Labute approximate surface area is 161 Å². The van der Waals surface area contributed by atoms with E-state index < -0.39 is 41.3 Å². The number of benzene rings is 1. The Kier molecular flexibility index (Phi) is 5.13. The van der Waals surface area contributed by atoms with Crippen LogP contribution in [0.5, 0.6) is 0 Å². The van der Waals surface area contributed by atoms with Crippen LogP contribution in [0.1, 0.15) is 42.4 Å². The third-order valence-corrected chi connectivity index (χ3v) is 5.58. The van der Waals surface area contributed by atoms with Crippen molar-refractivity contribution in [3.63, 3.8) is 0 Å². The average molecular weight is 418 g/mol. The molecule has 1 amide bonds. The first-order valence-electron chi connectivity index (χ1n) is 8.85. The molecule has 2 fully saturated rings. The van der Waals surface area contributed by atoms with E-state index in [1.54, 1.807) is 0 Å². The molecule has 3 atom stereocenters. The average Bonchev–Trinajstić information content (AvgIpc) is 3.32. The third kappa shape index (κ3) is 4.23. The van der Waals surface area contributed by atoms with E-state index in [4.69, 9.17) is 5.26 Å². The lowest BCUT2D eigenvalue weighted by molar-refractivity contribution is -0.143. The monoisotopic (exact) mass is 418 g/mol. The first-order valence-corrected chi connectivity index (χ1v) is 8.85. The molecule has 1 aromatic carbocycles. The van der Waals surface area contributed by atoms with E-state index in [9.17, 15) is 35.9 Å². The normalized spacial score (nSPS) is 26.9. The maximum Gasteiger partial charge on any atom is 0.416 e. The van der Waals surface area contributed by atoms with Gasteiger partial charge in [-0.3, -0.25) is 9.59 Å². The molecule has 1 aromatic rings. The number of amides is 1. The maximum absolute atomic E-state index is 13.0. The molecule has 2 saturated carbocycles. The molecule has 0 aromatic heterocycles. The van der Waals surface area contributed by atoms with Gasteiger partial charge >= 0.3 is 12.4 Å². The van der Waals surface area contributed by atoms with E-state index in [-0.39, 0.29) is 48.5 Å². The van der Waals surface area contributed by atoms with Crippen molar-refractivity contribution in [1.29, 1.82) is 5.26 Å². The van der Waals surface area contributed by atoms with Crippen molar-refractivity contribution in [2.45, 2.75) is 44.6 Å². The summed E-state index contributed by atoms with van der Waals surface area (Å²) in [7, 11) is 0. The Balaban J connectivity index is 1.82. The van der Waals surface area contributed by atoms with Crippen molar-refractivity contribution in [3.05, 3.63) is 34.9 Å². The van der Waals surface area contributed by atoms with Gasteiger partial charge in [0.2, 0.25) is 5.91 Å². The Hall–Kier alpha value is -2.57. The summed E-state index contributed by atoms with van der Waals surface area (Å²) < 4.78 is 77.7. The number of carbonyl (C=O) groups is 2. The predicted octanol–water partition coefficient (Wildman–Crippen LogP) is 4.24. The second kappa shape index (κ2) is 7.04. The summed E-state index contributed by atoms with van der Waals surface area (Å²) in [5, 5.41) is 11.4. The number of Topliss-reactive ketones (excluding diaryl/α,β-unsaturated/α-hetero) is 1. The van der Waals surface area contributed by atoms with Gasteiger partial charge in [-0.1, -0.05) is 0 Å². The van der Waals surface area contributed by atoms with Gasteiger partial charge in [0.25, 0.3) is 0 Å². The summed E-state index contributed by atoms with van der Waals surface area (Å²) in [4.78, 5) is 24.5. The summed E-state index contributed by atoms with van der Waals surface area (Å²) >= 11 is 0. The van der Waals surface area contributed by atoms with Crippen molar-refractivity contribution in [2.75, 3.05) is 0 Å². The smallest absolute Gasteiger partial charge is 0.352 e. The van der Waals surface area contributed by atoms with Gasteiger partial charge in [-0.2, -0.15) is 31.6 Å². The number of nitriles is 1. The molecule has 1 N–H and O–H groups in total. The molecule has 10 heteroatoms. The summed E-state index contributed by atoms with van der Waals surface area (Å²) in [6.45, 7) is -0.550. The van der Waals surface area contributed by atoms with Crippen LogP contribution in [0.3, 0.4) is 0 Å². The van der Waals surface area contributed by atoms with Crippen molar-refractivity contribution in [2.24, 2.45) is 17.3 Å². The number of rotatable bonds is 4. The fourth-order valence-corrected chi connectivity index (χ4v) is 4.00. The number of halogens is 6. The minimum atomic E-state index is -4.98. The zero-order valence-corrected chi connectivity index (χ0v) is 15.0. The highest BCUT2D eigenvalue weighted by Gasteiger charge is 2.59.